The highest BCUT2D eigenvalue weighted by atomic mass is 32.1. The number of benzene rings is 1. The lowest BCUT2D eigenvalue weighted by Crippen LogP contribution is -2.03. The van der Waals surface area contributed by atoms with Crippen LogP contribution in [0.3, 0.4) is 0 Å². The molecule has 0 saturated carbocycles. The zero-order valence-electron chi connectivity index (χ0n) is 9.47. The minimum Gasteiger partial charge on any atom is -0.326 e. The van der Waals surface area contributed by atoms with Gasteiger partial charge in [-0.25, -0.2) is 4.98 Å². The molecule has 0 unspecified atom stereocenters. The summed E-state index contributed by atoms with van der Waals surface area (Å²) in [4.78, 5) is 26.1. The van der Waals surface area contributed by atoms with Crippen LogP contribution in [0.2, 0.25) is 0 Å². The fraction of sp³-hybridized carbons (Fsp3) is 0.154. The van der Waals surface area contributed by atoms with Gasteiger partial charge in [0.15, 0.2) is 0 Å². The number of aldehydes is 1. The average Bonchev–Trinajstić information content (AvgIpc) is 2.93. The monoisotopic (exact) mass is 258 g/mol. The number of hydrogen-bond acceptors (Lipinski definition) is 4. The molecule has 18 heavy (non-hydrogen) atoms. The van der Waals surface area contributed by atoms with Gasteiger partial charge >= 0.3 is 0 Å². The van der Waals surface area contributed by atoms with Crippen molar-refractivity contribution in [2.45, 2.75) is 12.8 Å². The number of nitrogens with one attached hydrogen (secondary N) is 1. The van der Waals surface area contributed by atoms with Gasteiger partial charge in [0.1, 0.15) is 11.3 Å². The number of fused-ring (bicyclic) bond motifs is 1. The van der Waals surface area contributed by atoms with Crippen molar-refractivity contribution in [2.75, 3.05) is 5.32 Å². The normalized spacial score (nSPS) is 13.2. The van der Waals surface area contributed by atoms with Gasteiger partial charge in [-0.2, -0.15) is 0 Å². The molecule has 5 heteroatoms. The van der Waals surface area contributed by atoms with Gasteiger partial charge in [-0.1, -0.05) is 6.07 Å². The van der Waals surface area contributed by atoms with Crippen molar-refractivity contribution in [1.82, 2.24) is 4.98 Å². The zero-order chi connectivity index (χ0) is 12.5. The quantitative estimate of drug-likeness (QED) is 0.857. The van der Waals surface area contributed by atoms with E-state index < -0.39 is 0 Å². The first kappa shape index (κ1) is 11.1. The van der Waals surface area contributed by atoms with Crippen LogP contribution < -0.4 is 5.32 Å². The van der Waals surface area contributed by atoms with Crippen LogP contribution >= 0.6 is 11.3 Å². The Balaban J connectivity index is 1.94. The molecular formula is C13H10N2O2S. The molecule has 1 aromatic heterocycles. The maximum absolute atomic E-state index is 11.3. The minimum atomic E-state index is 0.0297. The van der Waals surface area contributed by atoms with Gasteiger partial charge in [0.05, 0.1) is 18.5 Å². The first-order chi connectivity index (χ1) is 8.76. The largest absolute Gasteiger partial charge is 0.326 e. The van der Waals surface area contributed by atoms with Gasteiger partial charge < -0.3 is 10.1 Å². The molecule has 0 aliphatic carbocycles. The van der Waals surface area contributed by atoms with Crippen LogP contribution in [-0.4, -0.2) is 17.2 Å². The minimum absolute atomic E-state index is 0.0297. The zero-order valence-corrected chi connectivity index (χ0v) is 10.3. The third-order valence-corrected chi connectivity index (χ3v) is 3.71. The second-order valence-corrected chi connectivity index (χ2v) is 5.04. The fourth-order valence-electron chi connectivity index (χ4n) is 2.00. The molecule has 4 nitrogen and oxygen atoms in total. The van der Waals surface area contributed by atoms with Gasteiger partial charge in [0.25, 0.3) is 0 Å². The molecule has 0 saturated heterocycles. The van der Waals surface area contributed by atoms with E-state index in [1.54, 1.807) is 0 Å². The van der Waals surface area contributed by atoms with Gasteiger partial charge in [-0.05, 0) is 17.7 Å². The molecule has 1 aromatic carbocycles. The van der Waals surface area contributed by atoms with E-state index in [1.165, 1.54) is 11.3 Å². The lowest BCUT2D eigenvalue weighted by molar-refractivity contribution is -0.115. The standard InChI is InChI=1S/C13H10N2O2S/c16-4-3-13-15-11(7-18-13)8-1-2-10-9(5-8)6-12(17)14-10/h1-2,4-5,7H,3,6H2,(H,14,17). The molecule has 1 aliphatic heterocycles. The van der Waals surface area contributed by atoms with E-state index in [0.29, 0.717) is 12.8 Å². The number of carbonyl (C=O) groups is 2. The molecule has 90 valence electrons. The van der Waals surface area contributed by atoms with Crippen LogP contribution in [0.1, 0.15) is 10.6 Å². The number of amides is 1. The van der Waals surface area contributed by atoms with Crippen LogP contribution in [0.25, 0.3) is 11.3 Å². The molecule has 0 atom stereocenters. The number of aromatic nitrogens is 1. The van der Waals surface area contributed by atoms with Crippen molar-refractivity contribution in [3.05, 3.63) is 34.2 Å². The lowest BCUT2D eigenvalue weighted by atomic mass is 10.1. The Hall–Kier alpha value is -2.01. The summed E-state index contributed by atoms with van der Waals surface area (Å²) in [5.41, 5.74) is 3.73. The number of nitrogens with zero attached hydrogens (tertiary/aromatic N) is 1. The maximum atomic E-state index is 11.3. The maximum Gasteiger partial charge on any atom is 0.228 e. The Morgan fingerprint density at radius 1 is 1.44 bits per heavy atom. The van der Waals surface area contributed by atoms with E-state index in [1.807, 2.05) is 23.6 Å². The number of thiazole rings is 1. The molecule has 3 rings (SSSR count). The topological polar surface area (TPSA) is 59.1 Å². The first-order valence-electron chi connectivity index (χ1n) is 5.57. The summed E-state index contributed by atoms with van der Waals surface area (Å²) in [5, 5.41) is 5.55. The Morgan fingerprint density at radius 2 is 2.33 bits per heavy atom. The third kappa shape index (κ3) is 1.93. The van der Waals surface area contributed by atoms with Crippen molar-refractivity contribution in [1.29, 1.82) is 0 Å². The number of rotatable bonds is 3. The highest BCUT2D eigenvalue weighted by molar-refractivity contribution is 7.10. The summed E-state index contributed by atoms with van der Waals surface area (Å²) in [6.07, 6.45) is 1.64. The molecule has 1 N–H and O–H groups in total. The SMILES string of the molecule is O=CCc1nc(-c2ccc3c(c2)CC(=O)N3)cs1. The molecule has 0 bridgehead atoms. The van der Waals surface area contributed by atoms with Gasteiger partial charge in [-0.3, -0.25) is 4.79 Å². The Labute approximate surface area is 108 Å². The number of anilines is 1. The predicted octanol–water partition coefficient (Wildman–Crippen LogP) is 2.05. The average molecular weight is 258 g/mol. The predicted molar refractivity (Wildman–Crippen MR) is 69.7 cm³/mol. The van der Waals surface area contributed by atoms with E-state index in [-0.39, 0.29) is 5.91 Å². The molecule has 0 radical (unpaired) electrons. The number of hydrogen-bond donors (Lipinski definition) is 1. The smallest absolute Gasteiger partial charge is 0.228 e. The molecule has 2 aromatic rings. The van der Waals surface area contributed by atoms with E-state index >= 15 is 0 Å². The molecule has 2 heterocycles. The summed E-state index contributed by atoms with van der Waals surface area (Å²) in [7, 11) is 0. The third-order valence-electron chi connectivity index (χ3n) is 2.84. The van der Waals surface area contributed by atoms with E-state index in [9.17, 15) is 9.59 Å². The van der Waals surface area contributed by atoms with E-state index in [2.05, 4.69) is 10.3 Å². The Morgan fingerprint density at radius 3 is 3.17 bits per heavy atom. The van der Waals surface area contributed by atoms with Crippen LogP contribution in [0.15, 0.2) is 23.6 Å². The second kappa shape index (κ2) is 4.34. The van der Waals surface area contributed by atoms with Gasteiger partial charge in [0.2, 0.25) is 5.91 Å². The van der Waals surface area contributed by atoms with E-state index in [0.717, 1.165) is 33.8 Å². The molecule has 1 amide bonds. The van der Waals surface area contributed by atoms with Crippen molar-refractivity contribution in [3.8, 4) is 11.3 Å². The first-order valence-corrected chi connectivity index (χ1v) is 6.45. The van der Waals surface area contributed by atoms with Crippen molar-refractivity contribution in [2.24, 2.45) is 0 Å². The molecule has 0 fully saturated rings. The Kier molecular flexibility index (Phi) is 2.68. The second-order valence-electron chi connectivity index (χ2n) is 4.09. The van der Waals surface area contributed by atoms with Gasteiger partial charge in [0, 0.05) is 16.6 Å². The van der Waals surface area contributed by atoms with Crippen LogP contribution in [0, 0.1) is 0 Å². The van der Waals surface area contributed by atoms with E-state index in [4.69, 9.17) is 0 Å². The van der Waals surface area contributed by atoms with Crippen LogP contribution in [0.5, 0.6) is 0 Å². The molecular weight excluding hydrogens is 248 g/mol. The van der Waals surface area contributed by atoms with Crippen molar-refractivity contribution < 1.29 is 9.59 Å². The highest BCUT2D eigenvalue weighted by Gasteiger charge is 2.18. The van der Waals surface area contributed by atoms with Crippen molar-refractivity contribution in [3.63, 3.8) is 0 Å². The summed E-state index contributed by atoms with van der Waals surface area (Å²) >= 11 is 1.48. The lowest BCUT2D eigenvalue weighted by Gasteiger charge is -2.01. The number of carbonyl (C=O) groups excluding carboxylic acids is 2. The van der Waals surface area contributed by atoms with Crippen LogP contribution in [-0.2, 0) is 22.4 Å². The summed E-state index contributed by atoms with van der Waals surface area (Å²) < 4.78 is 0. The van der Waals surface area contributed by atoms with Gasteiger partial charge in [-0.15, -0.1) is 11.3 Å². The summed E-state index contributed by atoms with van der Waals surface area (Å²) in [6.45, 7) is 0. The van der Waals surface area contributed by atoms with Crippen LogP contribution in [0.4, 0.5) is 5.69 Å². The summed E-state index contributed by atoms with van der Waals surface area (Å²) in [5.74, 6) is 0.0297. The summed E-state index contributed by atoms with van der Waals surface area (Å²) in [6, 6.07) is 5.81. The molecule has 1 aliphatic rings. The molecule has 0 spiro atoms. The highest BCUT2D eigenvalue weighted by Crippen LogP contribution is 2.29. The fourth-order valence-corrected chi connectivity index (χ4v) is 2.75. The van der Waals surface area contributed by atoms with Crippen molar-refractivity contribution >= 4 is 29.2 Å². The Bertz CT molecular complexity index is 634.